The van der Waals surface area contributed by atoms with E-state index >= 15 is 0 Å². The van der Waals surface area contributed by atoms with Crippen LogP contribution in [0.4, 0.5) is 0 Å². The van der Waals surface area contributed by atoms with E-state index in [1.54, 1.807) is 24.7 Å². The Labute approximate surface area is 150 Å². The molecule has 0 spiro atoms. The lowest BCUT2D eigenvalue weighted by Gasteiger charge is -2.33. The number of hydrogen-bond acceptors (Lipinski definition) is 6. The van der Waals surface area contributed by atoms with E-state index in [-0.39, 0.29) is 12.6 Å². The molecule has 0 bridgehead atoms. The van der Waals surface area contributed by atoms with E-state index in [1.807, 2.05) is 17.8 Å². The highest BCUT2D eigenvalue weighted by Crippen LogP contribution is 2.24. The monoisotopic (exact) mass is 363 g/mol. The predicted octanol–water partition coefficient (Wildman–Crippen LogP) is 1.40. The molecular weight excluding hydrogens is 342 g/mol. The van der Waals surface area contributed by atoms with Gasteiger partial charge in [0.1, 0.15) is 5.76 Å². The molecule has 0 radical (unpaired) electrons. The Balaban J connectivity index is 1.52. The minimum absolute atomic E-state index is 0.00136. The molecule has 8 heteroatoms. The van der Waals surface area contributed by atoms with Crippen molar-refractivity contribution in [2.45, 2.75) is 12.6 Å². The molecule has 1 aliphatic heterocycles. The molecular formula is C17H21N3O4S. The molecule has 2 amide bonds. The first-order chi connectivity index (χ1) is 12.2. The van der Waals surface area contributed by atoms with Crippen LogP contribution in [0.25, 0.3) is 0 Å². The maximum Gasteiger partial charge on any atom is 0.309 e. The van der Waals surface area contributed by atoms with Crippen LogP contribution in [0.1, 0.15) is 17.4 Å². The van der Waals surface area contributed by atoms with Crippen LogP contribution in [0.2, 0.25) is 0 Å². The molecule has 1 saturated heterocycles. The van der Waals surface area contributed by atoms with Crippen LogP contribution in [0, 0.1) is 0 Å². The Morgan fingerprint density at radius 3 is 2.64 bits per heavy atom. The quantitative estimate of drug-likeness (QED) is 0.755. The lowest BCUT2D eigenvalue weighted by Crippen LogP contribution is -2.45. The number of furan rings is 2. The van der Waals surface area contributed by atoms with Crippen molar-refractivity contribution < 1.29 is 18.4 Å². The third-order valence-corrected chi connectivity index (χ3v) is 5.02. The molecule has 2 aromatic heterocycles. The van der Waals surface area contributed by atoms with Gasteiger partial charge in [0, 0.05) is 36.7 Å². The Morgan fingerprint density at radius 1 is 1.16 bits per heavy atom. The minimum atomic E-state index is -0.670. The molecule has 3 heterocycles. The van der Waals surface area contributed by atoms with Crippen LogP contribution in [0.3, 0.4) is 0 Å². The lowest BCUT2D eigenvalue weighted by molar-refractivity contribution is -0.139. The number of carbonyl (C=O) groups is 2. The van der Waals surface area contributed by atoms with Crippen molar-refractivity contribution in [3.63, 3.8) is 0 Å². The van der Waals surface area contributed by atoms with Crippen molar-refractivity contribution in [3.05, 3.63) is 48.3 Å². The smallest absolute Gasteiger partial charge is 0.309 e. The maximum absolute atomic E-state index is 12.1. The van der Waals surface area contributed by atoms with Gasteiger partial charge in [-0.05, 0) is 18.2 Å². The fourth-order valence-electron chi connectivity index (χ4n) is 2.74. The van der Waals surface area contributed by atoms with E-state index in [0.29, 0.717) is 12.3 Å². The second-order valence-electron chi connectivity index (χ2n) is 5.69. The maximum atomic E-state index is 12.1. The molecule has 1 fully saturated rings. The highest BCUT2D eigenvalue weighted by Gasteiger charge is 2.25. The molecule has 1 atom stereocenters. The van der Waals surface area contributed by atoms with Crippen LogP contribution in [-0.2, 0) is 16.1 Å². The second kappa shape index (κ2) is 8.77. The number of amides is 2. The summed E-state index contributed by atoms with van der Waals surface area (Å²) < 4.78 is 10.3. The summed E-state index contributed by atoms with van der Waals surface area (Å²) in [6.07, 6.45) is 4.84. The topological polar surface area (TPSA) is 87.7 Å². The molecule has 1 aliphatic rings. The Bertz CT molecular complexity index is 666. The summed E-state index contributed by atoms with van der Waals surface area (Å²) in [5.41, 5.74) is 1.00. The SMILES string of the molecule is O=C(NCc1ccco1)C(=O)NCC(c1ccoc1)N1CCSCC1. The third kappa shape index (κ3) is 4.90. The first kappa shape index (κ1) is 17.6. The van der Waals surface area contributed by atoms with E-state index in [1.165, 1.54) is 6.26 Å². The summed E-state index contributed by atoms with van der Waals surface area (Å²) in [5, 5.41) is 5.27. The molecule has 2 N–H and O–H groups in total. The zero-order chi connectivity index (χ0) is 17.5. The number of nitrogens with zero attached hydrogens (tertiary/aromatic N) is 1. The minimum Gasteiger partial charge on any atom is -0.472 e. The Morgan fingerprint density at radius 2 is 1.96 bits per heavy atom. The van der Waals surface area contributed by atoms with Crippen molar-refractivity contribution in [1.82, 2.24) is 15.5 Å². The molecule has 134 valence electrons. The molecule has 0 aliphatic carbocycles. The zero-order valence-corrected chi connectivity index (χ0v) is 14.6. The molecule has 7 nitrogen and oxygen atoms in total. The van der Waals surface area contributed by atoms with Crippen LogP contribution in [0.5, 0.6) is 0 Å². The number of hydrogen-bond donors (Lipinski definition) is 2. The number of nitrogens with one attached hydrogen (secondary N) is 2. The van der Waals surface area contributed by atoms with E-state index in [2.05, 4.69) is 15.5 Å². The van der Waals surface area contributed by atoms with Crippen molar-refractivity contribution in [3.8, 4) is 0 Å². The largest absolute Gasteiger partial charge is 0.472 e. The molecule has 0 saturated carbocycles. The van der Waals surface area contributed by atoms with Crippen LogP contribution in [-0.4, -0.2) is 47.9 Å². The van der Waals surface area contributed by atoms with Gasteiger partial charge in [-0.1, -0.05) is 0 Å². The van der Waals surface area contributed by atoms with Crippen molar-refractivity contribution >= 4 is 23.6 Å². The number of carbonyl (C=O) groups excluding carboxylic acids is 2. The van der Waals surface area contributed by atoms with E-state index in [9.17, 15) is 9.59 Å². The van der Waals surface area contributed by atoms with Gasteiger partial charge in [-0.3, -0.25) is 14.5 Å². The molecule has 0 aromatic carbocycles. The highest BCUT2D eigenvalue weighted by molar-refractivity contribution is 7.99. The van der Waals surface area contributed by atoms with E-state index in [0.717, 1.165) is 30.2 Å². The summed E-state index contributed by atoms with van der Waals surface area (Å²) >= 11 is 1.92. The van der Waals surface area contributed by atoms with Crippen molar-refractivity contribution in [1.29, 1.82) is 0 Å². The van der Waals surface area contributed by atoms with Gasteiger partial charge >= 0.3 is 11.8 Å². The standard InChI is InChI=1S/C17H21N3O4S/c21-16(18-10-14-2-1-6-24-14)17(22)19-11-15(13-3-7-23-12-13)20-4-8-25-9-5-20/h1-3,6-7,12,15H,4-5,8-11H2,(H,18,21)(H,19,22). The molecule has 1 unspecified atom stereocenters. The number of thioether (sulfide) groups is 1. The van der Waals surface area contributed by atoms with E-state index < -0.39 is 11.8 Å². The van der Waals surface area contributed by atoms with Gasteiger partial charge in [-0.25, -0.2) is 0 Å². The Hall–Kier alpha value is -2.19. The Kier molecular flexibility index (Phi) is 6.19. The summed E-state index contributed by atoms with van der Waals surface area (Å²) in [6, 6.07) is 5.37. The van der Waals surface area contributed by atoms with Crippen molar-refractivity contribution in [2.24, 2.45) is 0 Å². The third-order valence-electron chi connectivity index (χ3n) is 4.08. The fourth-order valence-corrected chi connectivity index (χ4v) is 3.67. The van der Waals surface area contributed by atoms with Gasteiger partial charge in [0.05, 0.1) is 31.4 Å². The second-order valence-corrected chi connectivity index (χ2v) is 6.92. The van der Waals surface area contributed by atoms with Gasteiger partial charge in [0.15, 0.2) is 0 Å². The normalized spacial score (nSPS) is 16.3. The molecule has 25 heavy (non-hydrogen) atoms. The van der Waals surface area contributed by atoms with Gasteiger partial charge in [-0.2, -0.15) is 11.8 Å². The van der Waals surface area contributed by atoms with Crippen LogP contribution >= 0.6 is 11.8 Å². The van der Waals surface area contributed by atoms with Crippen LogP contribution < -0.4 is 10.6 Å². The summed E-state index contributed by atoms with van der Waals surface area (Å²) in [6.45, 7) is 2.44. The van der Waals surface area contributed by atoms with E-state index in [4.69, 9.17) is 8.83 Å². The van der Waals surface area contributed by atoms with Gasteiger partial charge in [0.25, 0.3) is 0 Å². The summed E-state index contributed by atoms with van der Waals surface area (Å²) in [4.78, 5) is 26.3. The van der Waals surface area contributed by atoms with Crippen molar-refractivity contribution in [2.75, 3.05) is 31.1 Å². The van der Waals surface area contributed by atoms with Gasteiger partial charge in [0.2, 0.25) is 0 Å². The molecule has 2 aromatic rings. The fraction of sp³-hybridized carbons (Fsp3) is 0.412. The molecule has 3 rings (SSSR count). The predicted molar refractivity (Wildman–Crippen MR) is 93.9 cm³/mol. The first-order valence-corrected chi connectivity index (χ1v) is 9.32. The number of rotatable bonds is 6. The van der Waals surface area contributed by atoms with Gasteiger partial charge in [-0.15, -0.1) is 0 Å². The van der Waals surface area contributed by atoms with Crippen LogP contribution in [0.15, 0.2) is 45.8 Å². The summed E-state index contributed by atoms with van der Waals surface area (Å²) in [7, 11) is 0. The first-order valence-electron chi connectivity index (χ1n) is 8.16. The average molecular weight is 363 g/mol. The summed E-state index contributed by atoms with van der Waals surface area (Å²) in [5.74, 6) is 1.41. The van der Waals surface area contributed by atoms with Gasteiger partial charge < -0.3 is 19.5 Å². The average Bonchev–Trinajstić information content (AvgIpc) is 3.34. The zero-order valence-electron chi connectivity index (χ0n) is 13.8. The lowest BCUT2D eigenvalue weighted by atomic mass is 10.1. The highest BCUT2D eigenvalue weighted by atomic mass is 32.2.